The van der Waals surface area contributed by atoms with Crippen LogP contribution in [0, 0.1) is 10.1 Å². The topological polar surface area (TPSA) is 105 Å². The lowest BCUT2D eigenvalue weighted by Crippen LogP contribution is -2.19. The van der Waals surface area contributed by atoms with Crippen LogP contribution in [0.15, 0.2) is 18.2 Å². The molecule has 0 bridgehead atoms. The molecule has 0 aliphatic carbocycles. The van der Waals surface area contributed by atoms with Gasteiger partial charge in [-0.15, -0.1) is 0 Å². The van der Waals surface area contributed by atoms with Gasteiger partial charge in [0.1, 0.15) is 0 Å². The van der Waals surface area contributed by atoms with Crippen molar-refractivity contribution in [1.82, 2.24) is 0 Å². The molecule has 0 radical (unpaired) electrons. The molecule has 0 aromatic heterocycles. The molecule has 0 spiro atoms. The zero-order valence-electron chi connectivity index (χ0n) is 10.8. The van der Waals surface area contributed by atoms with Crippen LogP contribution in [0.2, 0.25) is 0 Å². The number of nitrogens with zero attached hydrogens (tertiary/aromatic N) is 1. The summed E-state index contributed by atoms with van der Waals surface area (Å²) >= 11 is 0. The zero-order valence-corrected chi connectivity index (χ0v) is 10.8. The number of benzene rings is 1. The smallest absolute Gasteiger partial charge is 0.344 e. The van der Waals surface area contributed by atoms with Gasteiger partial charge in [0.15, 0.2) is 12.4 Å². The molecule has 0 aliphatic rings. The summed E-state index contributed by atoms with van der Waals surface area (Å²) in [5, 5.41) is 10.9. The Balaban J connectivity index is 2.77. The monoisotopic (exact) mass is 268 g/mol. The largest absolute Gasteiger partial charge is 0.475 e. The second-order valence-corrected chi connectivity index (χ2v) is 4.09. The number of hydrogen-bond donors (Lipinski definition) is 1. The summed E-state index contributed by atoms with van der Waals surface area (Å²) in [6, 6.07) is 4.35. The Morgan fingerprint density at radius 3 is 2.68 bits per heavy atom. The molecule has 0 unspecified atom stereocenters. The van der Waals surface area contributed by atoms with Crippen molar-refractivity contribution < 1.29 is 19.2 Å². The predicted octanol–water partition coefficient (Wildman–Crippen LogP) is 1.38. The molecule has 2 N–H and O–H groups in total. The number of nitro benzene ring substituents is 1. The molecular formula is C12H16N2O5. The molecule has 1 rings (SSSR count). The number of esters is 1. The van der Waals surface area contributed by atoms with E-state index < -0.39 is 10.9 Å². The highest BCUT2D eigenvalue weighted by Crippen LogP contribution is 2.27. The van der Waals surface area contributed by atoms with E-state index in [0.717, 1.165) is 0 Å². The SMILES string of the molecule is CC(C)OC(=O)COc1ccc(CN)cc1[N+](=O)[O-]. The molecule has 7 heteroatoms. The van der Waals surface area contributed by atoms with Crippen LogP contribution < -0.4 is 10.5 Å². The van der Waals surface area contributed by atoms with Gasteiger partial charge < -0.3 is 15.2 Å². The van der Waals surface area contributed by atoms with Crippen LogP contribution in [0.4, 0.5) is 5.69 Å². The Morgan fingerprint density at radius 1 is 1.47 bits per heavy atom. The van der Waals surface area contributed by atoms with Crippen molar-refractivity contribution in [2.45, 2.75) is 26.5 Å². The summed E-state index contributed by atoms with van der Waals surface area (Å²) in [4.78, 5) is 21.6. The third-order valence-corrected chi connectivity index (χ3v) is 2.17. The van der Waals surface area contributed by atoms with Gasteiger partial charge in [-0.25, -0.2) is 4.79 Å². The third-order valence-electron chi connectivity index (χ3n) is 2.17. The zero-order chi connectivity index (χ0) is 14.4. The Morgan fingerprint density at radius 2 is 2.16 bits per heavy atom. The van der Waals surface area contributed by atoms with Crippen molar-refractivity contribution >= 4 is 11.7 Å². The highest BCUT2D eigenvalue weighted by molar-refractivity contribution is 5.71. The van der Waals surface area contributed by atoms with Crippen molar-refractivity contribution in [1.29, 1.82) is 0 Å². The average molecular weight is 268 g/mol. The molecule has 1 aromatic carbocycles. The number of carbonyl (C=O) groups is 1. The molecule has 0 fully saturated rings. The maximum absolute atomic E-state index is 11.3. The second kappa shape index (κ2) is 6.69. The van der Waals surface area contributed by atoms with Crippen LogP contribution in [0.1, 0.15) is 19.4 Å². The highest BCUT2D eigenvalue weighted by atomic mass is 16.6. The summed E-state index contributed by atoms with van der Waals surface area (Å²) in [5.74, 6) is -0.560. The molecule has 0 amide bonds. The Bertz CT molecular complexity index is 473. The average Bonchev–Trinajstić information content (AvgIpc) is 2.35. The maximum atomic E-state index is 11.3. The summed E-state index contributed by atoms with van der Waals surface area (Å²) in [6.45, 7) is 3.23. The number of nitro groups is 1. The first-order valence-corrected chi connectivity index (χ1v) is 5.73. The van der Waals surface area contributed by atoms with Crippen molar-refractivity contribution in [3.63, 3.8) is 0 Å². The van der Waals surface area contributed by atoms with Crippen molar-refractivity contribution in [2.24, 2.45) is 5.73 Å². The Labute approximate surface area is 110 Å². The molecule has 0 aliphatic heterocycles. The van der Waals surface area contributed by atoms with Crippen LogP contribution in [-0.4, -0.2) is 23.6 Å². The molecule has 1 aromatic rings. The van der Waals surface area contributed by atoms with E-state index >= 15 is 0 Å². The summed E-state index contributed by atoms with van der Waals surface area (Å²) in [5.41, 5.74) is 5.80. The molecule has 19 heavy (non-hydrogen) atoms. The van der Waals surface area contributed by atoms with Crippen molar-refractivity contribution in [2.75, 3.05) is 6.61 Å². The van der Waals surface area contributed by atoms with Crippen LogP contribution >= 0.6 is 0 Å². The first-order valence-electron chi connectivity index (χ1n) is 5.73. The van der Waals surface area contributed by atoms with Gasteiger partial charge >= 0.3 is 11.7 Å². The predicted molar refractivity (Wildman–Crippen MR) is 67.7 cm³/mol. The van der Waals surface area contributed by atoms with Gasteiger partial charge in [0, 0.05) is 12.6 Å². The first-order chi connectivity index (χ1) is 8.93. The van der Waals surface area contributed by atoms with E-state index in [1.165, 1.54) is 12.1 Å². The van der Waals surface area contributed by atoms with Gasteiger partial charge in [-0.1, -0.05) is 6.07 Å². The second-order valence-electron chi connectivity index (χ2n) is 4.09. The first kappa shape index (κ1) is 14.9. The molecule has 0 heterocycles. The molecule has 104 valence electrons. The fourth-order valence-electron chi connectivity index (χ4n) is 1.39. The fraction of sp³-hybridized carbons (Fsp3) is 0.417. The quantitative estimate of drug-likeness (QED) is 0.474. The van der Waals surface area contributed by atoms with E-state index in [1.54, 1.807) is 19.9 Å². The van der Waals surface area contributed by atoms with Crippen molar-refractivity contribution in [3.05, 3.63) is 33.9 Å². The third kappa shape index (κ3) is 4.55. The molecular weight excluding hydrogens is 252 g/mol. The minimum Gasteiger partial charge on any atom is -0.475 e. The van der Waals surface area contributed by atoms with E-state index in [-0.39, 0.29) is 30.7 Å². The number of rotatable bonds is 6. The summed E-state index contributed by atoms with van der Waals surface area (Å²) in [7, 11) is 0. The van der Waals surface area contributed by atoms with Gasteiger partial charge in [0.05, 0.1) is 11.0 Å². The van der Waals surface area contributed by atoms with E-state index in [0.29, 0.717) is 5.56 Å². The standard InChI is InChI=1S/C12H16N2O5/c1-8(2)19-12(15)7-18-11-4-3-9(6-13)5-10(11)14(16)17/h3-5,8H,6-7,13H2,1-2H3. The van der Waals surface area contributed by atoms with E-state index in [1.807, 2.05) is 0 Å². The fourth-order valence-corrected chi connectivity index (χ4v) is 1.39. The number of hydrogen-bond acceptors (Lipinski definition) is 6. The lowest BCUT2D eigenvalue weighted by Gasteiger charge is -2.09. The lowest BCUT2D eigenvalue weighted by atomic mass is 10.2. The normalized spacial score (nSPS) is 10.3. The van der Waals surface area contributed by atoms with Crippen LogP contribution in [0.5, 0.6) is 5.75 Å². The van der Waals surface area contributed by atoms with Crippen molar-refractivity contribution in [3.8, 4) is 5.75 Å². The minimum atomic E-state index is -0.581. The van der Waals surface area contributed by atoms with Gasteiger partial charge in [0.25, 0.3) is 0 Å². The van der Waals surface area contributed by atoms with E-state index in [4.69, 9.17) is 15.2 Å². The molecule has 0 saturated carbocycles. The van der Waals surface area contributed by atoms with E-state index in [9.17, 15) is 14.9 Å². The molecule has 7 nitrogen and oxygen atoms in total. The van der Waals surface area contributed by atoms with Gasteiger partial charge in [-0.05, 0) is 25.5 Å². The van der Waals surface area contributed by atoms with E-state index in [2.05, 4.69) is 0 Å². The molecule has 0 saturated heterocycles. The van der Waals surface area contributed by atoms with Crippen LogP contribution in [0.3, 0.4) is 0 Å². The van der Waals surface area contributed by atoms with Gasteiger partial charge in [-0.2, -0.15) is 0 Å². The number of nitrogens with two attached hydrogens (primary N) is 1. The summed E-state index contributed by atoms with van der Waals surface area (Å²) < 4.78 is 9.97. The molecule has 0 atom stereocenters. The van der Waals surface area contributed by atoms with Gasteiger partial charge in [0.2, 0.25) is 0 Å². The highest BCUT2D eigenvalue weighted by Gasteiger charge is 2.17. The maximum Gasteiger partial charge on any atom is 0.344 e. The summed E-state index contributed by atoms with van der Waals surface area (Å²) in [6.07, 6.45) is -0.259. The lowest BCUT2D eigenvalue weighted by molar-refractivity contribution is -0.385. The van der Waals surface area contributed by atoms with Crippen LogP contribution in [0.25, 0.3) is 0 Å². The van der Waals surface area contributed by atoms with Crippen LogP contribution in [-0.2, 0) is 16.1 Å². The Hall–Kier alpha value is -2.15. The van der Waals surface area contributed by atoms with Gasteiger partial charge in [-0.3, -0.25) is 10.1 Å². The number of carbonyl (C=O) groups excluding carboxylic acids is 1. The number of ether oxygens (including phenoxy) is 2. The minimum absolute atomic E-state index is 0.0166. The Kier molecular flexibility index (Phi) is 5.25.